The van der Waals surface area contributed by atoms with Gasteiger partial charge in [0.15, 0.2) is 6.29 Å². The molecular formula is C42H77NO8. The molecule has 1 amide bonds. The van der Waals surface area contributed by atoms with Gasteiger partial charge >= 0.3 is 0 Å². The molecule has 0 aromatic rings. The smallest absolute Gasteiger partial charge is 0.220 e. The standard InChI is InChI=1S/C42H77NO8/c1-3-5-7-9-11-12-13-14-15-16-17-18-19-20-21-22-23-24-26-28-30-32-38(46)43-35(36(45)31-29-27-25-10-8-6-4-2)34-50-42-41(49)40(48)39(47)37(33-44)51-42/h13-14,16-17,29,31,35-37,39-42,44-45,47-49H,3-12,15,18-28,30,32-34H2,1-2H3,(H,43,46)/b14-13-,17-16-,31-29+. The summed E-state index contributed by atoms with van der Waals surface area (Å²) in [5, 5.41) is 53.8. The molecule has 1 saturated heterocycles. The Bertz CT molecular complexity index is 894. The van der Waals surface area contributed by atoms with Gasteiger partial charge in [-0.3, -0.25) is 4.79 Å². The number of carbonyl (C=O) groups is 1. The molecule has 0 spiro atoms. The van der Waals surface area contributed by atoms with Crippen molar-refractivity contribution in [1.29, 1.82) is 0 Å². The molecule has 1 rings (SSSR count). The van der Waals surface area contributed by atoms with E-state index in [4.69, 9.17) is 9.47 Å². The Morgan fingerprint density at radius 1 is 0.667 bits per heavy atom. The highest BCUT2D eigenvalue weighted by Gasteiger charge is 2.44. The van der Waals surface area contributed by atoms with Crippen LogP contribution in [0.15, 0.2) is 36.5 Å². The van der Waals surface area contributed by atoms with E-state index in [1.807, 2.05) is 6.08 Å². The molecule has 6 N–H and O–H groups in total. The highest BCUT2D eigenvalue weighted by Crippen LogP contribution is 2.22. The minimum absolute atomic E-state index is 0.188. The first-order chi connectivity index (χ1) is 24.8. The van der Waals surface area contributed by atoms with Crippen molar-refractivity contribution in [1.82, 2.24) is 5.32 Å². The number of nitrogens with one attached hydrogen (secondary N) is 1. The van der Waals surface area contributed by atoms with Crippen LogP contribution in [0.2, 0.25) is 0 Å². The van der Waals surface area contributed by atoms with Gasteiger partial charge in [0.1, 0.15) is 24.4 Å². The van der Waals surface area contributed by atoms with Crippen molar-refractivity contribution in [3.05, 3.63) is 36.5 Å². The molecule has 0 aromatic carbocycles. The van der Waals surface area contributed by atoms with E-state index < -0.39 is 49.5 Å². The van der Waals surface area contributed by atoms with Gasteiger partial charge in [-0.25, -0.2) is 0 Å². The molecule has 7 atom stereocenters. The Labute approximate surface area is 311 Å². The summed E-state index contributed by atoms with van der Waals surface area (Å²) in [6, 6.07) is -0.802. The topological polar surface area (TPSA) is 149 Å². The van der Waals surface area contributed by atoms with E-state index in [1.165, 1.54) is 103 Å². The second-order valence-corrected chi connectivity index (χ2v) is 14.4. The number of carbonyl (C=O) groups excluding carboxylic acids is 1. The fourth-order valence-corrected chi connectivity index (χ4v) is 6.30. The lowest BCUT2D eigenvalue weighted by molar-refractivity contribution is -0.302. The van der Waals surface area contributed by atoms with Crippen LogP contribution in [0, 0.1) is 0 Å². The third kappa shape index (κ3) is 24.4. The van der Waals surface area contributed by atoms with Crippen molar-refractivity contribution in [2.45, 2.75) is 211 Å². The monoisotopic (exact) mass is 724 g/mol. The van der Waals surface area contributed by atoms with Gasteiger partial charge < -0.3 is 40.3 Å². The molecule has 51 heavy (non-hydrogen) atoms. The molecule has 0 aliphatic carbocycles. The molecule has 1 aliphatic heterocycles. The average molecular weight is 724 g/mol. The number of hydrogen-bond donors (Lipinski definition) is 6. The van der Waals surface area contributed by atoms with E-state index in [1.54, 1.807) is 6.08 Å². The lowest BCUT2D eigenvalue weighted by Gasteiger charge is -2.40. The van der Waals surface area contributed by atoms with Gasteiger partial charge in [0.2, 0.25) is 5.91 Å². The number of ether oxygens (including phenoxy) is 2. The van der Waals surface area contributed by atoms with Crippen molar-refractivity contribution in [2.24, 2.45) is 0 Å². The van der Waals surface area contributed by atoms with E-state index in [0.717, 1.165) is 44.9 Å². The molecular weight excluding hydrogens is 646 g/mol. The van der Waals surface area contributed by atoms with Crippen LogP contribution in [-0.4, -0.2) is 87.5 Å². The zero-order valence-corrected chi connectivity index (χ0v) is 32.4. The van der Waals surface area contributed by atoms with Crippen molar-refractivity contribution in [3.8, 4) is 0 Å². The number of unbranched alkanes of at least 4 members (excludes halogenated alkanes) is 19. The van der Waals surface area contributed by atoms with Crippen molar-refractivity contribution in [3.63, 3.8) is 0 Å². The first kappa shape index (κ1) is 47.4. The third-order valence-corrected chi connectivity index (χ3v) is 9.71. The first-order valence-electron chi connectivity index (χ1n) is 20.7. The Kier molecular flexibility index (Phi) is 30.7. The van der Waals surface area contributed by atoms with Crippen molar-refractivity contribution in [2.75, 3.05) is 13.2 Å². The van der Waals surface area contributed by atoms with Crippen LogP contribution >= 0.6 is 0 Å². The van der Waals surface area contributed by atoms with Gasteiger partial charge in [-0.1, -0.05) is 147 Å². The molecule has 0 aromatic heterocycles. The number of allylic oxidation sites excluding steroid dienone is 5. The second-order valence-electron chi connectivity index (χ2n) is 14.4. The lowest BCUT2D eigenvalue weighted by atomic mass is 9.99. The summed E-state index contributed by atoms with van der Waals surface area (Å²) in [4.78, 5) is 12.8. The fourth-order valence-electron chi connectivity index (χ4n) is 6.30. The number of aliphatic hydroxyl groups is 5. The number of amides is 1. The zero-order valence-electron chi connectivity index (χ0n) is 32.4. The predicted octanol–water partition coefficient (Wildman–Crippen LogP) is 7.72. The molecule has 9 heteroatoms. The van der Waals surface area contributed by atoms with Crippen LogP contribution in [0.3, 0.4) is 0 Å². The molecule has 0 bridgehead atoms. The summed E-state index contributed by atoms with van der Waals surface area (Å²) in [7, 11) is 0. The zero-order chi connectivity index (χ0) is 37.4. The average Bonchev–Trinajstić information content (AvgIpc) is 3.13. The van der Waals surface area contributed by atoms with Gasteiger partial charge in [0.05, 0.1) is 25.4 Å². The lowest BCUT2D eigenvalue weighted by Crippen LogP contribution is -2.60. The van der Waals surface area contributed by atoms with E-state index in [9.17, 15) is 30.3 Å². The maximum atomic E-state index is 12.8. The maximum absolute atomic E-state index is 12.8. The Morgan fingerprint density at radius 2 is 1.16 bits per heavy atom. The molecule has 0 saturated carbocycles. The van der Waals surface area contributed by atoms with E-state index >= 15 is 0 Å². The summed E-state index contributed by atoms with van der Waals surface area (Å²) in [5.41, 5.74) is 0. The third-order valence-electron chi connectivity index (χ3n) is 9.71. The maximum Gasteiger partial charge on any atom is 0.220 e. The van der Waals surface area contributed by atoms with E-state index in [2.05, 4.69) is 43.5 Å². The first-order valence-corrected chi connectivity index (χ1v) is 20.7. The van der Waals surface area contributed by atoms with E-state index in [-0.39, 0.29) is 12.5 Å². The second kappa shape index (κ2) is 33.0. The summed E-state index contributed by atoms with van der Waals surface area (Å²) >= 11 is 0. The quantitative estimate of drug-likeness (QED) is 0.0298. The number of rotatable bonds is 33. The van der Waals surface area contributed by atoms with Gasteiger partial charge in [-0.15, -0.1) is 0 Å². The molecule has 9 nitrogen and oxygen atoms in total. The van der Waals surface area contributed by atoms with Crippen LogP contribution in [0.25, 0.3) is 0 Å². The van der Waals surface area contributed by atoms with E-state index in [0.29, 0.717) is 6.42 Å². The minimum atomic E-state index is -1.56. The normalized spacial score (nSPS) is 22.4. The summed E-state index contributed by atoms with van der Waals surface area (Å²) < 4.78 is 11.1. The van der Waals surface area contributed by atoms with Gasteiger partial charge in [0, 0.05) is 6.42 Å². The molecule has 298 valence electrons. The molecule has 1 heterocycles. The Hall–Kier alpha value is -1.59. The fraction of sp³-hybridized carbons (Fsp3) is 0.833. The van der Waals surface area contributed by atoms with Gasteiger partial charge in [-0.05, 0) is 51.4 Å². The minimum Gasteiger partial charge on any atom is -0.394 e. The van der Waals surface area contributed by atoms with Crippen molar-refractivity contribution >= 4 is 5.91 Å². The highest BCUT2D eigenvalue weighted by molar-refractivity contribution is 5.76. The van der Waals surface area contributed by atoms with Crippen LogP contribution in [0.4, 0.5) is 0 Å². The number of hydrogen-bond acceptors (Lipinski definition) is 8. The summed E-state index contributed by atoms with van der Waals surface area (Å²) in [5.74, 6) is -0.188. The van der Waals surface area contributed by atoms with Gasteiger partial charge in [0.25, 0.3) is 0 Å². The molecule has 1 aliphatic rings. The Balaban J connectivity index is 2.28. The van der Waals surface area contributed by atoms with Crippen LogP contribution in [0.1, 0.15) is 168 Å². The van der Waals surface area contributed by atoms with Crippen LogP contribution in [-0.2, 0) is 14.3 Å². The molecule has 1 fully saturated rings. The van der Waals surface area contributed by atoms with Crippen molar-refractivity contribution < 1.29 is 39.8 Å². The van der Waals surface area contributed by atoms with Crippen LogP contribution in [0.5, 0.6) is 0 Å². The molecule has 0 radical (unpaired) electrons. The SMILES string of the molecule is CCCCCCC/C=C\C/C=C\CCCCCCCCCCCC(=O)NC(COC1OC(CO)C(O)C(O)C1O)C(O)/C=C/CCCCCCC. The predicted molar refractivity (Wildman–Crippen MR) is 207 cm³/mol. The molecule has 7 unspecified atom stereocenters. The van der Waals surface area contributed by atoms with Gasteiger partial charge in [-0.2, -0.15) is 0 Å². The highest BCUT2D eigenvalue weighted by atomic mass is 16.7. The summed E-state index contributed by atoms with van der Waals surface area (Å²) in [6.07, 6.45) is 32.1. The number of aliphatic hydroxyl groups excluding tert-OH is 5. The van der Waals surface area contributed by atoms with Crippen LogP contribution < -0.4 is 5.32 Å². The Morgan fingerprint density at radius 3 is 1.69 bits per heavy atom. The summed E-state index contributed by atoms with van der Waals surface area (Å²) in [6.45, 7) is 3.68. The largest absolute Gasteiger partial charge is 0.394 e.